The highest BCUT2D eigenvalue weighted by molar-refractivity contribution is 8.00. The quantitative estimate of drug-likeness (QED) is 0.902. The van der Waals surface area contributed by atoms with E-state index in [0.717, 1.165) is 19.6 Å². The monoisotopic (exact) mass is 293 g/mol. The molecule has 1 aromatic rings. The Morgan fingerprint density at radius 2 is 2.25 bits per heavy atom. The minimum atomic E-state index is 0.549. The Kier molecular flexibility index (Phi) is 5.73. The first kappa shape index (κ1) is 15.6. The Bertz CT molecular complexity index is 422. The molecule has 1 saturated heterocycles. The molecule has 2 unspecified atom stereocenters. The minimum Gasteiger partial charge on any atom is -0.352 e. The molecule has 0 saturated carbocycles. The number of nitrogens with zero attached hydrogens (tertiary/aromatic N) is 2. The van der Waals surface area contributed by atoms with Gasteiger partial charge in [-0.15, -0.1) is 0 Å². The van der Waals surface area contributed by atoms with Gasteiger partial charge in [0.15, 0.2) is 0 Å². The van der Waals surface area contributed by atoms with Crippen LogP contribution in [0.1, 0.15) is 33.3 Å². The molecule has 2 atom stereocenters. The van der Waals surface area contributed by atoms with E-state index in [9.17, 15) is 0 Å². The molecule has 2 heterocycles. The standard InChI is InChI=1S/C16H27N3S/c1-12(2)10-17-11-15-6-5-7-18-16(15)19-8-9-20-14(4)13(19)3/h5-7,12-14,17H,8-11H2,1-4H3. The summed E-state index contributed by atoms with van der Waals surface area (Å²) in [6, 6.07) is 4.80. The highest BCUT2D eigenvalue weighted by atomic mass is 32.2. The van der Waals surface area contributed by atoms with Crippen molar-refractivity contribution in [2.24, 2.45) is 5.92 Å². The van der Waals surface area contributed by atoms with E-state index in [1.807, 2.05) is 12.3 Å². The van der Waals surface area contributed by atoms with Crippen LogP contribution in [0.2, 0.25) is 0 Å². The molecule has 0 radical (unpaired) electrons. The molecular formula is C16H27N3S. The smallest absolute Gasteiger partial charge is 0.133 e. The predicted octanol–water partition coefficient (Wildman–Crippen LogP) is 3.16. The Labute approximate surface area is 127 Å². The third kappa shape index (κ3) is 3.89. The lowest BCUT2D eigenvalue weighted by molar-refractivity contribution is 0.549. The predicted molar refractivity (Wildman–Crippen MR) is 89.5 cm³/mol. The van der Waals surface area contributed by atoms with Crippen LogP contribution < -0.4 is 10.2 Å². The van der Waals surface area contributed by atoms with E-state index in [-0.39, 0.29) is 0 Å². The van der Waals surface area contributed by atoms with E-state index in [1.165, 1.54) is 17.1 Å². The zero-order chi connectivity index (χ0) is 14.5. The number of thioether (sulfide) groups is 1. The Hall–Kier alpha value is -0.740. The van der Waals surface area contributed by atoms with Crippen LogP contribution in [0.25, 0.3) is 0 Å². The highest BCUT2D eigenvalue weighted by Crippen LogP contribution is 2.29. The summed E-state index contributed by atoms with van der Waals surface area (Å²) < 4.78 is 0. The van der Waals surface area contributed by atoms with E-state index in [2.05, 4.69) is 60.7 Å². The maximum Gasteiger partial charge on any atom is 0.133 e. The number of pyridine rings is 1. The van der Waals surface area contributed by atoms with Gasteiger partial charge in [-0.1, -0.05) is 26.8 Å². The van der Waals surface area contributed by atoms with Gasteiger partial charge in [-0.25, -0.2) is 4.98 Å². The maximum absolute atomic E-state index is 4.66. The van der Waals surface area contributed by atoms with Crippen molar-refractivity contribution in [1.29, 1.82) is 0 Å². The summed E-state index contributed by atoms with van der Waals surface area (Å²) >= 11 is 2.07. The molecule has 112 valence electrons. The van der Waals surface area contributed by atoms with Crippen LogP contribution in [0.4, 0.5) is 5.82 Å². The van der Waals surface area contributed by atoms with Crippen molar-refractivity contribution in [2.45, 2.75) is 45.5 Å². The van der Waals surface area contributed by atoms with E-state index < -0.39 is 0 Å². The summed E-state index contributed by atoms with van der Waals surface area (Å²) in [5.41, 5.74) is 1.32. The number of anilines is 1. The van der Waals surface area contributed by atoms with Crippen molar-refractivity contribution < 1.29 is 0 Å². The van der Waals surface area contributed by atoms with Crippen molar-refractivity contribution in [3.8, 4) is 0 Å². The molecule has 1 aromatic heterocycles. The number of rotatable bonds is 5. The van der Waals surface area contributed by atoms with Crippen molar-refractivity contribution in [3.05, 3.63) is 23.9 Å². The first-order chi connectivity index (χ1) is 9.59. The summed E-state index contributed by atoms with van der Waals surface area (Å²) in [5.74, 6) is 3.05. The SMILES string of the molecule is CC(C)CNCc1cccnc1N1CCSC(C)C1C. The summed E-state index contributed by atoms with van der Waals surface area (Å²) in [6.45, 7) is 12.2. The van der Waals surface area contributed by atoms with E-state index >= 15 is 0 Å². The second kappa shape index (κ2) is 7.32. The van der Waals surface area contributed by atoms with Crippen LogP contribution in [-0.4, -0.2) is 35.1 Å². The molecule has 2 rings (SSSR count). The van der Waals surface area contributed by atoms with Crippen molar-refractivity contribution in [1.82, 2.24) is 10.3 Å². The van der Waals surface area contributed by atoms with Gasteiger partial charge in [0, 0.05) is 41.9 Å². The largest absolute Gasteiger partial charge is 0.352 e. The number of hydrogen-bond acceptors (Lipinski definition) is 4. The molecule has 4 heteroatoms. The van der Waals surface area contributed by atoms with Gasteiger partial charge < -0.3 is 10.2 Å². The number of nitrogens with one attached hydrogen (secondary N) is 1. The van der Waals surface area contributed by atoms with Gasteiger partial charge in [-0.3, -0.25) is 0 Å². The first-order valence-corrected chi connectivity index (χ1v) is 8.67. The topological polar surface area (TPSA) is 28.2 Å². The fraction of sp³-hybridized carbons (Fsp3) is 0.688. The molecule has 1 fully saturated rings. The summed E-state index contributed by atoms with van der Waals surface area (Å²) in [5, 5.41) is 4.20. The van der Waals surface area contributed by atoms with E-state index in [1.54, 1.807) is 0 Å². The van der Waals surface area contributed by atoms with Crippen LogP contribution in [-0.2, 0) is 6.54 Å². The van der Waals surface area contributed by atoms with Crippen molar-refractivity contribution in [2.75, 3.05) is 23.7 Å². The molecule has 0 amide bonds. The molecule has 1 N–H and O–H groups in total. The molecule has 0 aliphatic carbocycles. The molecule has 1 aliphatic rings. The zero-order valence-electron chi connectivity index (χ0n) is 13.1. The van der Waals surface area contributed by atoms with Crippen LogP contribution >= 0.6 is 11.8 Å². The van der Waals surface area contributed by atoms with Gasteiger partial charge in [-0.2, -0.15) is 11.8 Å². The van der Waals surface area contributed by atoms with Gasteiger partial charge in [0.05, 0.1) is 0 Å². The minimum absolute atomic E-state index is 0.549. The van der Waals surface area contributed by atoms with Crippen LogP contribution in [0.15, 0.2) is 18.3 Å². The molecule has 0 bridgehead atoms. The van der Waals surface area contributed by atoms with Gasteiger partial charge in [-0.05, 0) is 25.5 Å². The van der Waals surface area contributed by atoms with Crippen molar-refractivity contribution >= 4 is 17.6 Å². The van der Waals surface area contributed by atoms with E-state index in [0.29, 0.717) is 17.2 Å². The van der Waals surface area contributed by atoms with Crippen LogP contribution in [0.3, 0.4) is 0 Å². The molecule has 1 aliphatic heterocycles. The molecule has 3 nitrogen and oxygen atoms in total. The second-order valence-corrected chi connectivity index (χ2v) is 7.51. The van der Waals surface area contributed by atoms with Gasteiger partial charge in [0.25, 0.3) is 0 Å². The van der Waals surface area contributed by atoms with Crippen LogP contribution in [0.5, 0.6) is 0 Å². The Morgan fingerprint density at radius 1 is 1.45 bits per heavy atom. The van der Waals surface area contributed by atoms with E-state index in [4.69, 9.17) is 0 Å². The first-order valence-electron chi connectivity index (χ1n) is 7.62. The lowest BCUT2D eigenvalue weighted by Gasteiger charge is -2.39. The second-order valence-electron chi connectivity index (χ2n) is 6.02. The normalized spacial score (nSPS) is 23.4. The maximum atomic E-state index is 4.66. The summed E-state index contributed by atoms with van der Waals surface area (Å²) in [6.07, 6.45) is 1.92. The Balaban J connectivity index is 2.10. The fourth-order valence-corrected chi connectivity index (χ4v) is 3.65. The zero-order valence-corrected chi connectivity index (χ0v) is 13.9. The van der Waals surface area contributed by atoms with Crippen molar-refractivity contribution in [3.63, 3.8) is 0 Å². The summed E-state index contributed by atoms with van der Waals surface area (Å²) in [4.78, 5) is 7.14. The molecule has 0 aromatic carbocycles. The lowest BCUT2D eigenvalue weighted by atomic mass is 10.1. The van der Waals surface area contributed by atoms with Gasteiger partial charge >= 0.3 is 0 Å². The fourth-order valence-electron chi connectivity index (χ4n) is 2.55. The third-order valence-electron chi connectivity index (χ3n) is 3.89. The number of aromatic nitrogens is 1. The lowest BCUT2D eigenvalue weighted by Crippen LogP contribution is -2.45. The average molecular weight is 293 g/mol. The highest BCUT2D eigenvalue weighted by Gasteiger charge is 2.27. The van der Waals surface area contributed by atoms with Gasteiger partial charge in [0.1, 0.15) is 5.82 Å². The third-order valence-corrected chi connectivity index (χ3v) is 5.23. The molecule has 20 heavy (non-hydrogen) atoms. The van der Waals surface area contributed by atoms with Crippen LogP contribution in [0, 0.1) is 5.92 Å². The average Bonchev–Trinajstić information content (AvgIpc) is 2.42. The molecule has 0 spiro atoms. The Morgan fingerprint density at radius 3 is 3.00 bits per heavy atom. The number of hydrogen-bond donors (Lipinski definition) is 1. The summed E-state index contributed by atoms with van der Waals surface area (Å²) in [7, 11) is 0. The van der Waals surface area contributed by atoms with Gasteiger partial charge in [0.2, 0.25) is 0 Å². The molecular weight excluding hydrogens is 266 g/mol.